The van der Waals surface area contributed by atoms with Crippen molar-refractivity contribution >= 4 is 5.88 Å². The second kappa shape index (κ2) is 4.79. The second-order valence-corrected chi connectivity index (χ2v) is 3.55. The fourth-order valence-electron chi connectivity index (χ4n) is 1.45. The number of hydrogen-bond acceptors (Lipinski definition) is 5. The molecule has 0 fully saturated rings. The van der Waals surface area contributed by atoms with Crippen molar-refractivity contribution in [1.82, 2.24) is 15.1 Å². The van der Waals surface area contributed by atoms with E-state index in [0.29, 0.717) is 18.8 Å². The van der Waals surface area contributed by atoms with Crippen molar-refractivity contribution in [3.63, 3.8) is 0 Å². The highest BCUT2D eigenvalue weighted by molar-refractivity contribution is 5.17. The molecule has 90 valence electrons. The van der Waals surface area contributed by atoms with Crippen molar-refractivity contribution in [2.24, 2.45) is 7.05 Å². The molecule has 0 aliphatic heterocycles. The molecule has 0 aliphatic carbocycles. The van der Waals surface area contributed by atoms with E-state index in [1.807, 2.05) is 13.1 Å². The Bertz CT molecular complexity index is 517. The Morgan fingerprint density at radius 2 is 2.29 bits per heavy atom. The molecule has 0 atom stereocenters. The summed E-state index contributed by atoms with van der Waals surface area (Å²) in [5.74, 6) is 0.307. The molecule has 2 aromatic heterocycles. The smallest absolute Gasteiger partial charge is 0.404 e. The Morgan fingerprint density at radius 1 is 1.47 bits per heavy atom. The van der Waals surface area contributed by atoms with Gasteiger partial charge in [0.25, 0.3) is 0 Å². The molecule has 0 amide bonds. The summed E-state index contributed by atoms with van der Waals surface area (Å²) in [6.45, 7) is 1.07. The summed E-state index contributed by atoms with van der Waals surface area (Å²) in [4.78, 5) is 9.85. The highest BCUT2D eigenvalue weighted by Gasteiger charge is 2.11. The Morgan fingerprint density at radius 3 is 2.88 bits per heavy atom. The first-order valence-electron chi connectivity index (χ1n) is 5.07. The van der Waals surface area contributed by atoms with Crippen LogP contribution in [-0.2, 0) is 20.1 Å². The first kappa shape index (κ1) is 11.3. The number of aromatic nitrogens is 2. The van der Waals surface area contributed by atoms with Gasteiger partial charge in [0.2, 0.25) is 0 Å². The summed E-state index contributed by atoms with van der Waals surface area (Å²) >= 11 is 0. The monoisotopic (exact) mass is 236 g/mol. The number of nitrogens with one attached hydrogen (secondary N) is 1. The van der Waals surface area contributed by atoms with Crippen LogP contribution in [0.1, 0.15) is 11.5 Å². The molecule has 0 saturated carbocycles. The van der Waals surface area contributed by atoms with Gasteiger partial charge < -0.3 is 9.73 Å². The molecule has 0 unspecified atom stereocenters. The molecule has 0 bridgehead atoms. The Kier molecular flexibility index (Phi) is 3.20. The summed E-state index contributed by atoms with van der Waals surface area (Å²) in [5.41, 5.74) is 1.03. The quantitative estimate of drug-likeness (QED) is 0.622. The third-order valence-electron chi connectivity index (χ3n) is 2.36. The van der Waals surface area contributed by atoms with Crippen LogP contribution >= 0.6 is 0 Å². The molecule has 2 heterocycles. The van der Waals surface area contributed by atoms with Gasteiger partial charge in [0.05, 0.1) is 18.3 Å². The topological polar surface area (TPSA) is 86.1 Å². The highest BCUT2D eigenvalue weighted by atomic mass is 16.6. The van der Waals surface area contributed by atoms with E-state index in [0.717, 1.165) is 5.69 Å². The highest BCUT2D eigenvalue weighted by Crippen LogP contribution is 2.15. The van der Waals surface area contributed by atoms with Gasteiger partial charge in [-0.15, -0.1) is 0 Å². The van der Waals surface area contributed by atoms with Crippen molar-refractivity contribution < 1.29 is 9.34 Å². The summed E-state index contributed by atoms with van der Waals surface area (Å²) in [6.07, 6.45) is 1.72. The maximum atomic E-state index is 10.4. The first-order chi connectivity index (χ1) is 8.16. The summed E-state index contributed by atoms with van der Waals surface area (Å²) in [5, 5.41) is 17.6. The van der Waals surface area contributed by atoms with Crippen LogP contribution in [0.3, 0.4) is 0 Å². The van der Waals surface area contributed by atoms with Gasteiger partial charge in [0, 0.05) is 19.8 Å². The van der Waals surface area contributed by atoms with E-state index in [-0.39, 0.29) is 5.88 Å². The van der Waals surface area contributed by atoms with Crippen molar-refractivity contribution in [3.8, 4) is 0 Å². The van der Waals surface area contributed by atoms with Crippen LogP contribution in [0.4, 0.5) is 5.88 Å². The van der Waals surface area contributed by atoms with Crippen molar-refractivity contribution in [2.75, 3.05) is 0 Å². The second-order valence-electron chi connectivity index (χ2n) is 3.55. The maximum absolute atomic E-state index is 10.4. The molecule has 0 spiro atoms. The zero-order valence-electron chi connectivity index (χ0n) is 9.29. The molecule has 1 N–H and O–H groups in total. The van der Waals surface area contributed by atoms with Gasteiger partial charge in [-0.1, -0.05) is 0 Å². The Hall–Kier alpha value is -2.15. The van der Waals surface area contributed by atoms with E-state index in [2.05, 4.69) is 10.4 Å². The number of rotatable bonds is 5. The lowest BCUT2D eigenvalue weighted by molar-refractivity contribution is -0.402. The predicted octanol–water partition coefficient (Wildman–Crippen LogP) is 1.21. The van der Waals surface area contributed by atoms with Crippen molar-refractivity contribution in [3.05, 3.63) is 46.0 Å². The van der Waals surface area contributed by atoms with Crippen LogP contribution in [0.25, 0.3) is 0 Å². The van der Waals surface area contributed by atoms with Crippen LogP contribution in [0, 0.1) is 10.1 Å². The fraction of sp³-hybridized carbons (Fsp3) is 0.300. The lowest BCUT2D eigenvalue weighted by Crippen LogP contribution is -2.14. The molecule has 0 radical (unpaired) electrons. The van der Waals surface area contributed by atoms with Gasteiger partial charge in [-0.05, 0) is 12.1 Å². The Balaban J connectivity index is 1.86. The number of nitro groups is 1. The van der Waals surface area contributed by atoms with E-state index >= 15 is 0 Å². The SMILES string of the molecule is Cn1nccc1CNCc1ccc([N+](=O)[O-])o1. The molecule has 2 rings (SSSR count). The standard InChI is InChI=1S/C10H12N4O3/c1-13-8(4-5-12-13)6-11-7-9-2-3-10(17-9)14(15)16/h2-5,11H,6-7H2,1H3. The molecule has 0 aromatic carbocycles. The molecule has 17 heavy (non-hydrogen) atoms. The third-order valence-corrected chi connectivity index (χ3v) is 2.36. The zero-order chi connectivity index (χ0) is 12.3. The largest absolute Gasteiger partial charge is 0.433 e. The van der Waals surface area contributed by atoms with E-state index in [4.69, 9.17) is 4.42 Å². The van der Waals surface area contributed by atoms with E-state index in [9.17, 15) is 10.1 Å². The van der Waals surface area contributed by atoms with Crippen LogP contribution in [0.15, 0.2) is 28.8 Å². The van der Waals surface area contributed by atoms with E-state index in [1.54, 1.807) is 16.9 Å². The Labute approximate surface area is 97.2 Å². The predicted molar refractivity (Wildman–Crippen MR) is 59.1 cm³/mol. The zero-order valence-corrected chi connectivity index (χ0v) is 9.29. The average molecular weight is 236 g/mol. The van der Waals surface area contributed by atoms with Gasteiger partial charge in [-0.3, -0.25) is 14.8 Å². The minimum atomic E-state index is -0.551. The molecular weight excluding hydrogens is 224 g/mol. The minimum absolute atomic E-state index is 0.234. The molecular formula is C10H12N4O3. The summed E-state index contributed by atoms with van der Waals surface area (Å²) < 4.78 is 6.77. The molecule has 7 nitrogen and oxygen atoms in total. The fourth-order valence-corrected chi connectivity index (χ4v) is 1.45. The molecule has 0 aliphatic rings. The van der Waals surface area contributed by atoms with Crippen molar-refractivity contribution in [2.45, 2.75) is 13.1 Å². The van der Waals surface area contributed by atoms with Gasteiger partial charge in [0.15, 0.2) is 0 Å². The van der Waals surface area contributed by atoms with Crippen LogP contribution in [-0.4, -0.2) is 14.7 Å². The summed E-state index contributed by atoms with van der Waals surface area (Å²) in [7, 11) is 1.86. The first-order valence-corrected chi connectivity index (χ1v) is 5.07. The average Bonchev–Trinajstić information content (AvgIpc) is 2.89. The summed E-state index contributed by atoms with van der Waals surface area (Å²) in [6, 6.07) is 4.84. The minimum Gasteiger partial charge on any atom is -0.404 e. The van der Waals surface area contributed by atoms with E-state index in [1.165, 1.54) is 6.07 Å². The third kappa shape index (κ3) is 2.70. The lowest BCUT2D eigenvalue weighted by Gasteiger charge is -2.02. The van der Waals surface area contributed by atoms with Crippen LogP contribution in [0.2, 0.25) is 0 Å². The molecule has 7 heteroatoms. The van der Waals surface area contributed by atoms with E-state index < -0.39 is 4.92 Å². The van der Waals surface area contributed by atoms with Gasteiger partial charge in [-0.2, -0.15) is 5.10 Å². The van der Waals surface area contributed by atoms with Gasteiger partial charge in [0.1, 0.15) is 10.7 Å². The van der Waals surface area contributed by atoms with Crippen LogP contribution < -0.4 is 5.32 Å². The number of furan rings is 1. The van der Waals surface area contributed by atoms with Crippen LogP contribution in [0.5, 0.6) is 0 Å². The molecule has 0 saturated heterocycles. The number of nitrogens with zero attached hydrogens (tertiary/aromatic N) is 3. The van der Waals surface area contributed by atoms with Gasteiger partial charge >= 0.3 is 5.88 Å². The number of hydrogen-bond donors (Lipinski definition) is 1. The van der Waals surface area contributed by atoms with Gasteiger partial charge in [-0.25, -0.2) is 0 Å². The molecule has 2 aromatic rings. The maximum Gasteiger partial charge on any atom is 0.433 e. The normalized spacial score (nSPS) is 10.6. The lowest BCUT2D eigenvalue weighted by atomic mass is 10.4. The van der Waals surface area contributed by atoms with Crippen molar-refractivity contribution in [1.29, 1.82) is 0 Å². The number of aryl methyl sites for hydroxylation is 1.